The van der Waals surface area contributed by atoms with E-state index in [0.29, 0.717) is 13.0 Å². The smallest absolute Gasteiger partial charge is 0.147 e. The average molecular weight is 346 g/mol. The van der Waals surface area contributed by atoms with E-state index in [9.17, 15) is 0 Å². The van der Waals surface area contributed by atoms with E-state index in [1.165, 1.54) is 0 Å². The molecule has 4 aromatic rings. The third-order valence-corrected chi connectivity index (χ3v) is 4.01. The molecule has 0 radical (unpaired) electrons. The molecular formula is C19H18N6O. The van der Waals surface area contributed by atoms with Crippen LogP contribution in [0.3, 0.4) is 0 Å². The molecule has 4 rings (SSSR count). The van der Waals surface area contributed by atoms with Gasteiger partial charge < -0.3 is 4.74 Å². The molecule has 26 heavy (non-hydrogen) atoms. The minimum absolute atomic E-state index is 0.605. The van der Waals surface area contributed by atoms with E-state index in [4.69, 9.17) is 4.74 Å². The van der Waals surface area contributed by atoms with Gasteiger partial charge in [-0.1, -0.05) is 6.07 Å². The number of benzene rings is 1. The molecule has 0 bridgehead atoms. The lowest BCUT2D eigenvalue weighted by atomic mass is 10.2. The number of hydrogen-bond donors (Lipinski definition) is 0. The fraction of sp³-hybridized carbons (Fsp3) is 0.158. The Bertz CT molecular complexity index is 975. The summed E-state index contributed by atoms with van der Waals surface area (Å²) in [6, 6.07) is 10.0. The van der Waals surface area contributed by atoms with Crippen LogP contribution in [0, 0.1) is 0 Å². The van der Waals surface area contributed by atoms with Gasteiger partial charge in [0.05, 0.1) is 17.9 Å². The number of hydrogen-bond acceptors (Lipinski definition) is 5. The molecule has 0 aliphatic heterocycles. The Morgan fingerprint density at radius 1 is 0.962 bits per heavy atom. The maximum Gasteiger partial charge on any atom is 0.147 e. The molecular weight excluding hydrogens is 328 g/mol. The fourth-order valence-corrected chi connectivity index (χ4v) is 2.72. The molecule has 130 valence electrons. The van der Waals surface area contributed by atoms with Crippen molar-refractivity contribution >= 4 is 0 Å². The van der Waals surface area contributed by atoms with Gasteiger partial charge in [0, 0.05) is 56.4 Å². The van der Waals surface area contributed by atoms with E-state index in [1.807, 2.05) is 45.9 Å². The molecule has 3 aromatic heterocycles. The first-order valence-electron chi connectivity index (χ1n) is 8.29. The zero-order valence-electron chi connectivity index (χ0n) is 14.4. The molecule has 0 amide bonds. The van der Waals surface area contributed by atoms with Crippen molar-refractivity contribution in [3.63, 3.8) is 0 Å². The van der Waals surface area contributed by atoms with Crippen LogP contribution in [0.4, 0.5) is 0 Å². The normalized spacial score (nSPS) is 11.0. The van der Waals surface area contributed by atoms with E-state index in [2.05, 4.69) is 26.1 Å². The van der Waals surface area contributed by atoms with Crippen molar-refractivity contribution in [1.29, 1.82) is 0 Å². The van der Waals surface area contributed by atoms with Crippen LogP contribution in [0.2, 0.25) is 0 Å². The molecule has 3 heterocycles. The first-order valence-corrected chi connectivity index (χ1v) is 8.29. The molecule has 0 atom stereocenters. The Hall–Kier alpha value is -3.32. The molecule has 0 aliphatic carbocycles. The van der Waals surface area contributed by atoms with E-state index < -0.39 is 0 Å². The molecule has 1 aromatic carbocycles. The van der Waals surface area contributed by atoms with Crippen LogP contribution in [-0.4, -0.2) is 43.0 Å². The van der Waals surface area contributed by atoms with Gasteiger partial charge in [-0.05, 0) is 24.3 Å². The summed E-state index contributed by atoms with van der Waals surface area (Å²) in [5.74, 6) is 1.55. The predicted molar refractivity (Wildman–Crippen MR) is 97.3 cm³/mol. The number of rotatable bonds is 6. The molecule has 7 nitrogen and oxygen atoms in total. The fourth-order valence-electron chi connectivity index (χ4n) is 2.72. The van der Waals surface area contributed by atoms with Crippen molar-refractivity contribution in [2.24, 2.45) is 0 Å². The van der Waals surface area contributed by atoms with Gasteiger partial charge in [-0.3, -0.25) is 4.57 Å². The van der Waals surface area contributed by atoms with Crippen molar-refractivity contribution < 1.29 is 4.74 Å². The van der Waals surface area contributed by atoms with Crippen LogP contribution in [0.15, 0.2) is 67.5 Å². The maximum atomic E-state index is 5.06. The molecule has 7 heteroatoms. The van der Waals surface area contributed by atoms with E-state index in [-0.39, 0.29) is 0 Å². The monoisotopic (exact) mass is 346 g/mol. The van der Waals surface area contributed by atoms with Gasteiger partial charge in [-0.15, -0.1) is 0 Å². The Morgan fingerprint density at radius 2 is 1.81 bits per heavy atom. The van der Waals surface area contributed by atoms with E-state index in [0.717, 1.165) is 28.6 Å². The van der Waals surface area contributed by atoms with Crippen molar-refractivity contribution in [1.82, 2.24) is 29.3 Å². The first-order chi connectivity index (χ1) is 12.8. The first kappa shape index (κ1) is 16.2. The summed E-state index contributed by atoms with van der Waals surface area (Å²) in [6.07, 6.45) is 11.7. The number of ether oxygens (including phenoxy) is 1. The Kier molecular flexibility index (Phi) is 4.53. The quantitative estimate of drug-likeness (QED) is 0.537. The lowest BCUT2D eigenvalue weighted by molar-refractivity contribution is 0.200. The molecule has 0 aliphatic rings. The lowest BCUT2D eigenvalue weighted by Gasteiger charge is -2.10. The summed E-state index contributed by atoms with van der Waals surface area (Å²) in [7, 11) is 1.67. The van der Waals surface area contributed by atoms with Crippen molar-refractivity contribution in [3.8, 4) is 22.8 Å². The van der Waals surface area contributed by atoms with Crippen molar-refractivity contribution in [3.05, 3.63) is 73.3 Å². The summed E-state index contributed by atoms with van der Waals surface area (Å²) in [5, 5.41) is 4.29. The molecule has 0 saturated carbocycles. The van der Waals surface area contributed by atoms with Gasteiger partial charge in [-0.25, -0.2) is 19.6 Å². The number of methoxy groups -OCH3 is 1. The Labute approximate surface area is 150 Å². The summed E-state index contributed by atoms with van der Waals surface area (Å²) in [6.45, 7) is 0.605. The van der Waals surface area contributed by atoms with E-state index in [1.54, 1.807) is 31.9 Å². The standard InChI is InChI=1S/C19H18N6O/c1-26-11-6-18-21-13-15(14-22-18)19-20-8-10-24(19)16-4-2-5-17(12-16)25-9-3-7-23-25/h2-5,7-10,12-14H,6,11H2,1H3. The summed E-state index contributed by atoms with van der Waals surface area (Å²) in [5.41, 5.74) is 2.84. The second kappa shape index (κ2) is 7.28. The molecule has 0 unspecified atom stereocenters. The minimum atomic E-state index is 0.605. The van der Waals surface area contributed by atoms with Gasteiger partial charge in [0.25, 0.3) is 0 Å². The molecule has 0 spiro atoms. The zero-order valence-corrected chi connectivity index (χ0v) is 14.4. The van der Waals surface area contributed by atoms with Crippen LogP contribution in [-0.2, 0) is 11.2 Å². The van der Waals surface area contributed by atoms with Crippen molar-refractivity contribution in [2.45, 2.75) is 6.42 Å². The summed E-state index contributed by atoms with van der Waals surface area (Å²) >= 11 is 0. The predicted octanol–water partition coefficient (Wildman–Crippen LogP) is 2.70. The minimum Gasteiger partial charge on any atom is -0.384 e. The van der Waals surface area contributed by atoms with E-state index >= 15 is 0 Å². The van der Waals surface area contributed by atoms with Crippen LogP contribution in [0.25, 0.3) is 22.8 Å². The van der Waals surface area contributed by atoms with Gasteiger partial charge >= 0.3 is 0 Å². The highest BCUT2D eigenvalue weighted by atomic mass is 16.5. The Morgan fingerprint density at radius 3 is 2.58 bits per heavy atom. The summed E-state index contributed by atoms with van der Waals surface area (Å²) in [4.78, 5) is 13.3. The third-order valence-electron chi connectivity index (χ3n) is 4.01. The SMILES string of the molecule is COCCc1ncc(-c2nccn2-c2cccc(-n3cccn3)c2)cn1. The highest BCUT2D eigenvalue weighted by molar-refractivity contribution is 5.57. The largest absolute Gasteiger partial charge is 0.384 e. The van der Waals surface area contributed by atoms with Gasteiger partial charge in [-0.2, -0.15) is 5.10 Å². The Balaban J connectivity index is 1.66. The lowest BCUT2D eigenvalue weighted by Crippen LogP contribution is -2.02. The van der Waals surface area contributed by atoms with Crippen LogP contribution in [0.5, 0.6) is 0 Å². The molecule has 0 N–H and O–H groups in total. The van der Waals surface area contributed by atoms with Gasteiger partial charge in [0.1, 0.15) is 11.6 Å². The third kappa shape index (κ3) is 3.25. The number of imidazole rings is 1. The average Bonchev–Trinajstić information content (AvgIpc) is 3.39. The summed E-state index contributed by atoms with van der Waals surface area (Å²) < 4.78 is 8.91. The maximum absolute atomic E-state index is 5.06. The second-order valence-corrected chi connectivity index (χ2v) is 5.72. The van der Waals surface area contributed by atoms with Crippen LogP contribution >= 0.6 is 0 Å². The molecule has 0 saturated heterocycles. The van der Waals surface area contributed by atoms with Crippen molar-refractivity contribution in [2.75, 3.05) is 13.7 Å². The van der Waals surface area contributed by atoms with Crippen LogP contribution < -0.4 is 0 Å². The van der Waals surface area contributed by atoms with Crippen LogP contribution in [0.1, 0.15) is 5.82 Å². The van der Waals surface area contributed by atoms with Gasteiger partial charge in [0.2, 0.25) is 0 Å². The second-order valence-electron chi connectivity index (χ2n) is 5.72. The zero-order chi connectivity index (χ0) is 17.8. The topological polar surface area (TPSA) is 70.7 Å². The number of aromatic nitrogens is 6. The van der Waals surface area contributed by atoms with Gasteiger partial charge in [0.15, 0.2) is 0 Å². The highest BCUT2D eigenvalue weighted by Gasteiger charge is 2.10. The molecule has 0 fully saturated rings. The highest BCUT2D eigenvalue weighted by Crippen LogP contribution is 2.22. The number of nitrogens with zero attached hydrogens (tertiary/aromatic N) is 6.